The number of benzene rings is 3. The molecule has 5 heteroatoms. The van der Waals surface area contributed by atoms with Gasteiger partial charge in [0.2, 0.25) is 5.91 Å². The summed E-state index contributed by atoms with van der Waals surface area (Å²) >= 11 is 0. The second-order valence-electron chi connectivity index (χ2n) is 5.89. The van der Waals surface area contributed by atoms with Crippen LogP contribution in [0.25, 0.3) is 0 Å². The van der Waals surface area contributed by atoms with Gasteiger partial charge >= 0.3 is 0 Å². The van der Waals surface area contributed by atoms with Gasteiger partial charge in [0.15, 0.2) is 0 Å². The molecule has 3 rings (SSSR count). The quantitative estimate of drug-likeness (QED) is 0.677. The van der Waals surface area contributed by atoms with Crippen molar-refractivity contribution in [2.45, 2.75) is 6.54 Å². The molecule has 2 N–H and O–H groups in total. The van der Waals surface area contributed by atoms with Crippen LogP contribution in [-0.4, -0.2) is 18.4 Å². The van der Waals surface area contributed by atoms with Gasteiger partial charge in [0.1, 0.15) is 11.5 Å². The average Bonchev–Trinajstić information content (AvgIpc) is 2.72. The molecule has 0 radical (unpaired) electrons. The molecular weight excluding hydrogens is 340 g/mol. The highest BCUT2D eigenvalue weighted by Gasteiger charge is 2.09. The summed E-state index contributed by atoms with van der Waals surface area (Å²) in [5.74, 6) is 0.671. The minimum atomic E-state index is -0.330. The van der Waals surface area contributed by atoms with Gasteiger partial charge in [0, 0.05) is 12.1 Å². The van der Waals surface area contributed by atoms with Crippen molar-refractivity contribution in [3.8, 4) is 11.5 Å². The molecule has 0 saturated heterocycles. The number of hydrogen-bond donors (Lipinski definition) is 2. The number of nitrogens with one attached hydrogen (secondary N) is 2. The van der Waals surface area contributed by atoms with Crippen LogP contribution in [0.3, 0.4) is 0 Å². The Kier molecular flexibility index (Phi) is 6.20. The molecule has 0 fully saturated rings. The molecule has 2 amide bonds. The third-order valence-corrected chi connectivity index (χ3v) is 3.82. The molecule has 0 aliphatic rings. The van der Waals surface area contributed by atoms with Crippen molar-refractivity contribution in [2.75, 3.05) is 6.54 Å². The summed E-state index contributed by atoms with van der Waals surface area (Å²) in [7, 11) is 0. The SMILES string of the molecule is O=C(CNC(=O)c1cccc(Oc2ccccc2)c1)NCc1ccccc1. The van der Waals surface area contributed by atoms with Gasteiger partial charge in [-0.2, -0.15) is 0 Å². The van der Waals surface area contributed by atoms with Gasteiger partial charge in [-0.15, -0.1) is 0 Å². The standard InChI is InChI=1S/C22H20N2O3/c25-21(23-15-17-8-3-1-4-9-17)16-24-22(26)18-10-7-13-20(14-18)27-19-11-5-2-6-12-19/h1-14H,15-16H2,(H,23,25)(H,24,26). The predicted molar refractivity (Wildman–Crippen MR) is 104 cm³/mol. The second-order valence-corrected chi connectivity index (χ2v) is 5.89. The lowest BCUT2D eigenvalue weighted by Gasteiger charge is -2.09. The Bertz CT molecular complexity index is 896. The van der Waals surface area contributed by atoms with Crippen LogP contribution in [-0.2, 0) is 11.3 Å². The zero-order chi connectivity index (χ0) is 18.9. The number of amides is 2. The van der Waals surface area contributed by atoms with E-state index in [1.165, 1.54) is 0 Å². The molecular formula is C22H20N2O3. The van der Waals surface area contributed by atoms with E-state index in [4.69, 9.17) is 4.74 Å². The van der Waals surface area contributed by atoms with Gasteiger partial charge in [-0.3, -0.25) is 9.59 Å². The Hall–Kier alpha value is -3.60. The topological polar surface area (TPSA) is 67.4 Å². The van der Waals surface area contributed by atoms with Crippen molar-refractivity contribution in [3.05, 3.63) is 96.1 Å². The molecule has 136 valence electrons. The van der Waals surface area contributed by atoms with E-state index in [1.54, 1.807) is 24.3 Å². The third kappa shape index (κ3) is 5.71. The molecule has 0 unspecified atom stereocenters. The molecule has 27 heavy (non-hydrogen) atoms. The predicted octanol–water partition coefficient (Wildman–Crippen LogP) is 3.53. The first-order valence-corrected chi connectivity index (χ1v) is 8.62. The normalized spacial score (nSPS) is 10.1. The Labute approximate surface area is 158 Å². The molecule has 0 saturated carbocycles. The minimum Gasteiger partial charge on any atom is -0.457 e. The zero-order valence-corrected chi connectivity index (χ0v) is 14.7. The van der Waals surface area contributed by atoms with Gasteiger partial charge in [-0.25, -0.2) is 0 Å². The number of ether oxygens (including phenoxy) is 1. The van der Waals surface area contributed by atoms with Crippen molar-refractivity contribution in [2.24, 2.45) is 0 Å². The maximum Gasteiger partial charge on any atom is 0.251 e. The zero-order valence-electron chi connectivity index (χ0n) is 14.7. The number of carbonyl (C=O) groups excluding carboxylic acids is 2. The monoisotopic (exact) mass is 360 g/mol. The van der Waals surface area contributed by atoms with Crippen LogP contribution >= 0.6 is 0 Å². The Morgan fingerprint density at radius 2 is 1.41 bits per heavy atom. The molecule has 0 heterocycles. The molecule has 0 atom stereocenters. The maximum absolute atomic E-state index is 12.3. The van der Waals surface area contributed by atoms with Crippen LogP contribution in [0.2, 0.25) is 0 Å². The summed E-state index contributed by atoms with van der Waals surface area (Å²) in [6, 6.07) is 25.8. The molecule has 0 spiro atoms. The summed E-state index contributed by atoms with van der Waals surface area (Å²) < 4.78 is 5.72. The van der Waals surface area contributed by atoms with E-state index in [1.807, 2.05) is 60.7 Å². The second kappa shape index (κ2) is 9.20. The molecule has 0 aliphatic heterocycles. The molecule has 3 aromatic carbocycles. The van der Waals surface area contributed by atoms with Crippen molar-refractivity contribution < 1.29 is 14.3 Å². The first kappa shape index (κ1) is 18.2. The molecule has 0 aromatic heterocycles. The fourth-order valence-corrected chi connectivity index (χ4v) is 2.45. The first-order valence-electron chi connectivity index (χ1n) is 8.62. The highest BCUT2D eigenvalue weighted by molar-refractivity contribution is 5.96. The van der Waals surface area contributed by atoms with E-state index in [9.17, 15) is 9.59 Å². The number of carbonyl (C=O) groups is 2. The minimum absolute atomic E-state index is 0.0879. The number of hydrogen-bond acceptors (Lipinski definition) is 3. The molecule has 5 nitrogen and oxygen atoms in total. The van der Waals surface area contributed by atoms with Crippen molar-refractivity contribution in [1.29, 1.82) is 0 Å². The van der Waals surface area contributed by atoms with Crippen molar-refractivity contribution in [1.82, 2.24) is 10.6 Å². The largest absolute Gasteiger partial charge is 0.457 e. The summed E-state index contributed by atoms with van der Waals surface area (Å²) in [4.78, 5) is 24.2. The molecule has 3 aromatic rings. The van der Waals surface area contributed by atoms with Crippen molar-refractivity contribution in [3.63, 3.8) is 0 Å². The van der Waals surface area contributed by atoms with E-state index in [-0.39, 0.29) is 18.4 Å². The smallest absolute Gasteiger partial charge is 0.251 e. The lowest BCUT2D eigenvalue weighted by atomic mass is 10.2. The summed E-state index contributed by atoms with van der Waals surface area (Å²) in [6.07, 6.45) is 0. The van der Waals surface area contributed by atoms with Crippen LogP contribution in [0.15, 0.2) is 84.9 Å². The van der Waals surface area contributed by atoms with Gasteiger partial charge < -0.3 is 15.4 Å². The van der Waals surface area contributed by atoms with Crippen LogP contribution in [0.1, 0.15) is 15.9 Å². The highest BCUT2D eigenvalue weighted by Crippen LogP contribution is 2.21. The van der Waals surface area contributed by atoms with Crippen molar-refractivity contribution >= 4 is 11.8 Å². The summed E-state index contributed by atoms with van der Waals surface area (Å²) in [6.45, 7) is 0.339. The van der Waals surface area contributed by atoms with Crippen LogP contribution in [0.5, 0.6) is 11.5 Å². The molecule has 0 bridgehead atoms. The lowest BCUT2D eigenvalue weighted by Crippen LogP contribution is -2.36. The van der Waals surface area contributed by atoms with Gasteiger partial charge in [0.25, 0.3) is 5.91 Å². The van der Waals surface area contributed by atoms with E-state index < -0.39 is 0 Å². The van der Waals surface area contributed by atoms with Gasteiger partial charge in [-0.05, 0) is 35.9 Å². The Balaban J connectivity index is 1.50. The summed E-state index contributed by atoms with van der Waals surface area (Å²) in [5, 5.41) is 5.39. The first-order chi connectivity index (χ1) is 13.2. The van der Waals surface area contributed by atoms with E-state index in [0.717, 1.165) is 5.56 Å². The van der Waals surface area contributed by atoms with Crippen LogP contribution in [0, 0.1) is 0 Å². The average molecular weight is 360 g/mol. The third-order valence-electron chi connectivity index (χ3n) is 3.82. The highest BCUT2D eigenvalue weighted by atomic mass is 16.5. The van der Waals surface area contributed by atoms with E-state index in [2.05, 4.69) is 10.6 Å². The van der Waals surface area contributed by atoms with E-state index >= 15 is 0 Å². The Morgan fingerprint density at radius 3 is 2.15 bits per heavy atom. The number of para-hydroxylation sites is 1. The van der Waals surface area contributed by atoms with Crippen LogP contribution in [0.4, 0.5) is 0 Å². The van der Waals surface area contributed by atoms with Gasteiger partial charge in [-0.1, -0.05) is 54.6 Å². The fraction of sp³-hybridized carbons (Fsp3) is 0.0909. The molecule has 0 aliphatic carbocycles. The summed E-state index contributed by atoms with van der Waals surface area (Å²) in [5.41, 5.74) is 1.43. The van der Waals surface area contributed by atoms with Gasteiger partial charge in [0.05, 0.1) is 6.54 Å². The number of rotatable bonds is 7. The maximum atomic E-state index is 12.3. The Morgan fingerprint density at radius 1 is 0.741 bits per heavy atom. The van der Waals surface area contributed by atoms with Crippen LogP contribution < -0.4 is 15.4 Å². The van der Waals surface area contributed by atoms with E-state index in [0.29, 0.717) is 23.6 Å². The lowest BCUT2D eigenvalue weighted by molar-refractivity contribution is -0.120. The fourth-order valence-electron chi connectivity index (χ4n) is 2.45.